The predicted molar refractivity (Wildman–Crippen MR) is 70.8 cm³/mol. The van der Waals surface area contributed by atoms with E-state index in [9.17, 15) is 26.9 Å². The van der Waals surface area contributed by atoms with Crippen LogP contribution in [0.1, 0.15) is 0 Å². The fourth-order valence-corrected chi connectivity index (χ4v) is 4.96. The number of non-ortho nitro benzene ring substituents is 1. The summed E-state index contributed by atoms with van der Waals surface area (Å²) in [7, 11) is -7.80. The molecule has 0 amide bonds. The summed E-state index contributed by atoms with van der Waals surface area (Å²) in [5, 5.41) is 15.2. The van der Waals surface area contributed by atoms with Crippen molar-refractivity contribution in [1.82, 2.24) is 0 Å². The van der Waals surface area contributed by atoms with Crippen molar-refractivity contribution >= 4 is 41.5 Å². The Balaban J connectivity index is 3.12. The van der Waals surface area contributed by atoms with Gasteiger partial charge in [0, 0.05) is 16.6 Å². The van der Waals surface area contributed by atoms with Gasteiger partial charge in [-0.25, -0.2) is 22.0 Å². The Morgan fingerprint density at radius 1 is 1.21 bits per heavy atom. The van der Waals surface area contributed by atoms with Gasteiger partial charge in [0.15, 0.2) is 9.84 Å². The molecule has 0 aliphatic heterocycles. The van der Waals surface area contributed by atoms with Crippen LogP contribution in [0.5, 0.6) is 0 Å². The Labute approximate surface area is 117 Å². The van der Waals surface area contributed by atoms with Gasteiger partial charge in [0.2, 0.25) is 10.0 Å². The summed E-state index contributed by atoms with van der Waals surface area (Å²) in [6.45, 7) is 0. The molecule has 0 aromatic heterocycles. The largest absolute Gasteiger partial charge is 0.270 e. The summed E-state index contributed by atoms with van der Waals surface area (Å²) in [6.07, 6.45) is 0. The molecule has 19 heavy (non-hydrogen) atoms. The molecule has 1 aromatic rings. The molecule has 0 aliphatic rings. The van der Waals surface area contributed by atoms with Crippen LogP contribution >= 0.6 is 15.9 Å². The second-order valence-electron chi connectivity index (χ2n) is 3.56. The van der Waals surface area contributed by atoms with E-state index < -0.39 is 36.3 Å². The lowest BCUT2D eigenvalue weighted by Gasteiger charge is -2.05. The summed E-state index contributed by atoms with van der Waals surface area (Å²) < 4.78 is 45.2. The summed E-state index contributed by atoms with van der Waals surface area (Å²) in [4.78, 5) is 9.62. The Kier molecular flexibility index (Phi) is 4.66. The van der Waals surface area contributed by atoms with Crippen molar-refractivity contribution in [1.29, 1.82) is 0 Å². The molecule has 2 N–H and O–H groups in total. The molecule has 11 heteroatoms. The number of halogens is 1. The van der Waals surface area contributed by atoms with Crippen LogP contribution in [0.15, 0.2) is 27.6 Å². The highest BCUT2D eigenvalue weighted by Gasteiger charge is 2.22. The normalized spacial score (nSPS) is 12.3. The van der Waals surface area contributed by atoms with E-state index in [0.29, 0.717) is 0 Å². The number of hydrogen-bond donors (Lipinski definition) is 1. The van der Waals surface area contributed by atoms with Gasteiger partial charge in [-0.2, -0.15) is 0 Å². The average Bonchev–Trinajstić information content (AvgIpc) is 2.25. The molecule has 0 unspecified atom stereocenters. The Bertz CT molecular complexity index is 713. The highest BCUT2D eigenvalue weighted by atomic mass is 79.9. The molecule has 1 aromatic carbocycles. The topological polar surface area (TPSA) is 137 Å². The van der Waals surface area contributed by atoms with E-state index in [0.717, 1.165) is 18.2 Å². The summed E-state index contributed by atoms with van der Waals surface area (Å²) in [6, 6.07) is 3.10. The molecule has 0 saturated heterocycles. The number of rotatable bonds is 5. The summed E-state index contributed by atoms with van der Waals surface area (Å²) in [5.41, 5.74) is -0.280. The van der Waals surface area contributed by atoms with Gasteiger partial charge >= 0.3 is 0 Å². The molecule has 106 valence electrons. The second-order valence-corrected chi connectivity index (χ2v) is 8.22. The van der Waals surface area contributed by atoms with E-state index in [1.54, 1.807) is 0 Å². The van der Waals surface area contributed by atoms with Gasteiger partial charge < -0.3 is 0 Å². The average molecular weight is 373 g/mol. The Morgan fingerprint density at radius 3 is 2.21 bits per heavy atom. The zero-order chi connectivity index (χ0) is 14.8. The lowest BCUT2D eigenvalue weighted by molar-refractivity contribution is -0.385. The molecule has 1 rings (SSSR count). The van der Waals surface area contributed by atoms with Crippen LogP contribution in [0.25, 0.3) is 0 Å². The molecule has 0 atom stereocenters. The van der Waals surface area contributed by atoms with Crippen molar-refractivity contribution in [3.05, 3.63) is 32.8 Å². The molecule has 0 bridgehead atoms. The van der Waals surface area contributed by atoms with Crippen LogP contribution in [0, 0.1) is 10.1 Å². The smallest absolute Gasteiger partial charge is 0.258 e. The number of hydrogen-bond acceptors (Lipinski definition) is 6. The van der Waals surface area contributed by atoms with E-state index in [2.05, 4.69) is 15.9 Å². The summed E-state index contributed by atoms with van der Waals surface area (Å²) >= 11 is 2.91. The second kappa shape index (κ2) is 5.53. The fraction of sp³-hybridized carbons (Fsp3) is 0.250. The van der Waals surface area contributed by atoms with Gasteiger partial charge in [-0.05, 0) is 22.0 Å². The maximum atomic E-state index is 11.9. The quantitative estimate of drug-likeness (QED) is 0.586. The maximum Gasteiger partial charge on any atom is 0.270 e. The fourth-order valence-electron chi connectivity index (χ4n) is 1.19. The van der Waals surface area contributed by atoms with Crippen LogP contribution in [0.4, 0.5) is 5.69 Å². The first-order chi connectivity index (χ1) is 8.53. The minimum Gasteiger partial charge on any atom is -0.258 e. The van der Waals surface area contributed by atoms with E-state index in [4.69, 9.17) is 5.14 Å². The van der Waals surface area contributed by atoms with Crippen molar-refractivity contribution < 1.29 is 21.8 Å². The highest BCUT2D eigenvalue weighted by molar-refractivity contribution is 9.10. The number of nitro groups is 1. The monoisotopic (exact) mass is 372 g/mol. The van der Waals surface area contributed by atoms with Crippen LogP contribution in [-0.4, -0.2) is 33.3 Å². The van der Waals surface area contributed by atoms with Gasteiger partial charge in [0.25, 0.3) is 5.69 Å². The SMILES string of the molecule is NS(=O)(=O)CCS(=O)(=O)c1ccc([N+](=O)[O-])cc1Br. The van der Waals surface area contributed by atoms with E-state index in [1.165, 1.54) is 0 Å². The third kappa shape index (κ3) is 4.53. The lowest BCUT2D eigenvalue weighted by atomic mass is 10.3. The molecular formula is C8H9BrN2O6S2. The molecule has 0 heterocycles. The minimum absolute atomic E-state index is 0.00359. The number of primary sulfonamides is 1. The first-order valence-electron chi connectivity index (χ1n) is 4.70. The molecule has 0 radical (unpaired) electrons. The highest BCUT2D eigenvalue weighted by Crippen LogP contribution is 2.27. The molecule has 0 spiro atoms. The van der Waals surface area contributed by atoms with Crippen LogP contribution < -0.4 is 5.14 Å². The first-order valence-corrected chi connectivity index (χ1v) is 8.86. The van der Waals surface area contributed by atoms with Crippen LogP contribution in [0.3, 0.4) is 0 Å². The molecular weight excluding hydrogens is 364 g/mol. The minimum atomic E-state index is -3.90. The number of sulfonamides is 1. The van der Waals surface area contributed by atoms with E-state index in [-0.39, 0.29) is 15.1 Å². The Morgan fingerprint density at radius 2 is 1.79 bits per heavy atom. The van der Waals surface area contributed by atoms with E-state index >= 15 is 0 Å². The third-order valence-corrected chi connectivity index (χ3v) is 5.82. The van der Waals surface area contributed by atoms with Crippen molar-refractivity contribution in [2.75, 3.05) is 11.5 Å². The van der Waals surface area contributed by atoms with Gasteiger partial charge in [-0.15, -0.1) is 0 Å². The molecule has 0 fully saturated rings. The van der Waals surface area contributed by atoms with Crippen molar-refractivity contribution in [3.63, 3.8) is 0 Å². The number of sulfone groups is 1. The maximum absolute atomic E-state index is 11.9. The van der Waals surface area contributed by atoms with Gasteiger partial charge in [0.05, 0.1) is 21.3 Å². The number of nitrogens with two attached hydrogens (primary N) is 1. The summed E-state index contributed by atoms with van der Waals surface area (Å²) in [5.74, 6) is -1.42. The first kappa shape index (κ1) is 16.0. The zero-order valence-corrected chi connectivity index (χ0v) is 12.5. The number of benzene rings is 1. The van der Waals surface area contributed by atoms with Crippen molar-refractivity contribution in [3.8, 4) is 0 Å². The molecule has 0 aliphatic carbocycles. The van der Waals surface area contributed by atoms with Gasteiger partial charge in [0.1, 0.15) is 0 Å². The number of nitro benzene ring substituents is 1. The zero-order valence-electron chi connectivity index (χ0n) is 9.31. The van der Waals surface area contributed by atoms with Crippen molar-refractivity contribution in [2.24, 2.45) is 5.14 Å². The van der Waals surface area contributed by atoms with E-state index in [1.807, 2.05) is 0 Å². The van der Waals surface area contributed by atoms with Crippen LogP contribution in [-0.2, 0) is 19.9 Å². The number of nitrogens with zero attached hydrogens (tertiary/aromatic N) is 1. The Hall–Kier alpha value is -1.04. The van der Waals surface area contributed by atoms with Gasteiger partial charge in [-0.3, -0.25) is 10.1 Å². The molecule has 8 nitrogen and oxygen atoms in total. The molecule has 0 saturated carbocycles. The third-order valence-electron chi connectivity index (χ3n) is 2.10. The lowest BCUT2D eigenvalue weighted by Crippen LogP contribution is -2.23. The standard InChI is InChI=1S/C8H9BrN2O6S2/c9-7-5-6(11(12)13)1-2-8(7)18(14,15)3-4-19(10,16)17/h1-2,5H,3-4H2,(H2,10,16,17). The van der Waals surface area contributed by atoms with Gasteiger partial charge in [-0.1, -0.05) is 0 Å². The predicted octanol–water partition coefficient (Wildman–Crippen LogP) is 0.420. The van der Waals surface area contributed by atoms with Crippen molar-refractivity contribution in [2.45, 2.75) is 4.90 Å². The van der Waals surface area contributed by atoms with Crippen LogP contribution in [0.2, 0.25) is 0 Å².